The van der Waals surface area contributed by atoms with E-state index in [0.29, 0.717) is 0 Å². The highest BCUT2D eigenvalue weighted by molar-refractivity contribution is 5.39. The smallest absolute Gasteiger partial charge is 0.0533 e. The van der Waals surface area contributed by atoms with Crippen LogP contribution >= 0.6 is 0 Å². The number of hydrogen-bond acceptors (Lipinski definition) is 1. The molecule has 1 unspecified atom stereocenters. The summed E-state index contributed by atoms with van der Waals surface area (Å²) >= 11 is 0. The Morgan fingerprint density at radius 2 is 1.75 bits per heavy atom. The molecule has 0 spiro atoms. The Morgan fingerprint density at radius 3 is 2.12 bits per heavy atom. The highest BCUT2D eigenvalue weighted by atomic mass is 16.3. The lowest BCUT2D eigenvalue weighted by molar-refractivity contribution is 0.231. The third kappa shape index (κ3) is 1.34. The monoisotopic (exact) mass is 216 g/mol. The van der Waals surface area contributed by atoms with E-state index in [9.17, 15) is 5.11 Å². The fourth-order valence-corrected chi connectivity index (χ4v) is 3.06. The Kier molecular flexibility index (Phi) is 2.00. The van der Waals surface area contributed by atoms with Gasteiger partial charge in [0.05, 0.1) is 6.61 Å². The third-order valence-corrected chi connectivity index (χ3v) is 4.70. The van der Waals surface area contributed by atoms with Crippen molar-refractivity contribution < 1.29 is 5.11 Å². The Hall–Kier alpha value is -0.820. The number of aliphatic hydroxyl groups is 1. The molecule has 3 rings (SSSR count). The third-order valence-electron chi connectivity index (χ3n) is 4.70. The molecule has 1 atom stereocenters. The van der Waals surface area contributed by atoms with E-state index in [0.717, 1.165) is 12.3 Å². The molecule has 2 fully saturated rings. The van der Waals surface area contributed by atoms with Crippen molar-refractivity contribution in [3.63, 3.8) is 0 Å². The molecule has 1 aromatic rings. The van der Waals surface area contributed by atoms with Crippen LogP contribution in [0.5, 0.6) is 0 Å². The molecule has 1 nitrogen and oxygen atoms in total. The van der Waals surface area contributed by atoms with Crippen LogP contribution in [0.4, 0.5) is 0 Å². The molecule has 0 aromatic heterocycles. The fraction of sp³-hybridized carbons (Fsp3) is 0.600. The molecule has 86 valence electrons. The van der Waals surface area contributed by atoms with Crippen molar-refractivity contribution in [3.05, 3.63) is 35.4 Å². The van der Waals surface area contributed by atoms with Crippen molar-refractivity contribution in [2.45, 2.75) is 44.4 Å². The van der Waals surface area contributed by atoms with Crippen LogP contribution in [-0.4, -0.2) is 11.7 Å². The molecule has 0 bridgehead atoms. The van der Waals surface area contributed by atoms with Gasteiger partial charge >= 0.3 is 0 Å². The molecule has 0 amide bonds. The van der Waals surface area contributed by atoms with Gasteiger partial charge in [-0.2, -0.15) is 0 Å². The fourth-order valence-electron chi connectivity index (χ4n) is 3.06. The van der Waals surface area contributed by atoms with Crippen molar-refractivity contribution >= 4 is 0 Å². The van der Waals surface area contributed by atoms with Gasteiger partial charge < -0.3 is 5.11 Å². The maximum absolute atomic E-state index is 9.64. The highest BCUT2D eigenvalue weighted by Gasteiger charge is 2.61. The lowest BCUT2D eigenvalue weighted by Crippen LogP contribution is -2.19. The molecule has 0 aliphatic heterocycles. The van der Waals surface area contributed by atoms with Crippen LogP contribution in [0.2, 0.25) is 0 Å². The molecule has 0 heterocycles. The molecular weight excluding hydrogens is 196 g/mol. The van der Waals surface area contributed by atoms with Crippen molar-refractivity contribution in [1.82, 2.24) is 0 Å². The standard InChI is InChI=1S/C15H20O/c1-14(2)9-15(14,10-16)13-7-5-12(6-8-13)11-3-4-11/h5-8,11,16H,3-4,9-10H2,1-2H3. The summed E-state index contributed by atoms with van der Waals surface area (Å²) in [5.74, 6) is 0.825. The number of aliphatic hydroxyl groups excluding tert-OH is 1. The highest BCUT2D eigenvalue weighted by Crippen LogP contribution is 2.64. The van der Waals surface area contributed by atoms with Gasteiger partial charge in [-0.3, -0.25) is 0 Å². The molecule has 2 aliphatic rings. The summed E-state index contributed by atoms with van der Waals surface area (Å²) in [4.78, 5) is 0. The Bertz CT molecular complexity index is 400. The van der Waals surface area contributed by atoms with E-state index < -0.39 is 0 Å². The zero-order valence-electron chi connectivity index (χ0n) is 10.2. The summed E-state index contributed by atoms with van der Waals surface area (Å²) in [5, 5.41) is 9.64. The second kappa shape index (κ2) is 3.10. The summed E-state index contributed by atoms with van der Waals surface area (Å²) in [7, 11) is 0. The summed E-state index contributed by atoms with van der Waals surface area (Å²) in [5.41, 5.74) is 3.11. The van der Waals surface area contributed by atoms with Gasteiger partial charge in [0.15, 0.2) is 0 Å². The lowest BCUT2D eigenvalue weighted by Gasteiger charge is -2.18. The molecule has 2 aliphatic carbocycles. The number of rotatable bonds is 3. The average molecular weight is 216 g/mol. The van der Waals surface area contributed by atoms with Crippen LogP contribution in [0.1, 0.15) is 50.2 Å². The first-order valence-corrected chi connectivity index (χ1v) is 6.30. The zero-order chi connectivity index (χ0) is 11.4. The van der Waals surface area contributed by atoms with Gasteiger partial charge in [0.25, 0.3) is 0 Å². The maximum atomic E-state index is 9.64. The second-order valence-electron chi connectivity index (χ2n) is 6.20. The van der Waals surface area contributed by atoms with Gasteiger partial charge in [-0.15, -0.1) is 0 Å². The minimum atomic E-state index is 0.0368. The normalized spacial score (nSPS) is 31.4. The molecule has 2 saturated carbocycles. The van der Waals surface area contributed by atoms with Crippen molar-refractivity contribution in [3.8, 4) is 0 Å². The van der Waals surface area contributed by atoms with Gasteiger partial charge in [-0.25, -0.2) is 0 Å². The SMILES string of the molecule is CC1(C)CC1(CO)c1ccc(C2CC2)cc1. The minimum Gasteiger partial charge on any atom is -0.395 e. The molecule has 1 aromatic carbocycles. The quantitative estimate of drug-likeness (QED) is 0.822. The largest absolute Gasteiger partial charge is 0.395 e. The van der Waals surface area contributed by atoms with Gasteiger partial charge in [-0.05, 0) is 41.7 Å². The minimum absolute atomic E-state index is 0.0368. The molecular formula is C15H20O. The van der Waals surface area contributed by atoms with E-state index in [2.05, 4.69) is 38.1 Å². The topological polar surface area (TPSA) is 20.2 Å². The van der Waals surface area contributed by atoms with Gasteiger partial charge in [0.2, 0.25) is 0 Å². The lowest BCUT2D eigenvalue weighted by atomic mass is 9.88. The summed E-state index contributed by atoms with van der Waals surface area (Å²) < 4.78 is 0. The van der Waals surface area contributed by atoms with Crippen LogP contribution in [0.25, 0.3) is 0 Å². The van der Waals surface area contributed by atoms with E-state index in [-0.39, 0.29) is 17.4 Å². The number of hydrogen-bond donors (Lipinski definition) is 1. The Morgan fingerprint density at radius 1 is 1.19 bits per heavy atom. The van der Waals surface area contributed by atoms with E-state index >= 15 is 0 Å². The van der Waals surface area contributed by atoms with Crippen LogP contribution < -0.4 is 0 Å². The Labute approximate surface area is 97.5 Å². The predicted octanol–water partition coefficient (Wildman–Crippen LogP) is 3.22. The van der Waals surface area contributed by atoms with E-state index in [1.807, 2.05) is 0 Å². The first kappa shape index (κ1) is 10.3. The molecule has 16 heavy (non-hydrogen) atoms. The maximum Gasteiger partial charge on any atom is 0.0533 e. The van der Waals surface area contributed by atoms with Crippen LogP contribution in [-0.2, 0) is 5.41 Å². The molecule has 1 heteroatoms. The first-order valence-electron chi connectivity index (χ1n) is 6.30. The summed E-state index contributed by atoms with van der Waals surface area (Å²) in [6, 6.07) is 8.99. The van der Waals surface area contributed by atoms with Crippen LogP contribution in [0, 0.1) is 5.41 Å². The average Bonchev–Trinajstić information content (AvgIpc) is 3.15. The zero-order valence-corrected chi connectivity index (χ0v) is 10.2. The molecule has 0 saturated heterocycles. The molecule has 0 radical (unpaired) electrons. The Balaban J connectivity index is 1.89. The van der Waals surface area contributed by atoms with Gasteiger partial charge in [0, 0.05) is 5.41 Å². The van der Waals surface area contributed by atoms with Gasteiger partial charge in [-0.1, -0.05) is 38.1 Å². The summed E-state index contributed by atoms with van der Waals surface area (Å²) in [6.07, 6.45) is 3.82. The first-order chi connectivity index (χ1) is 7.59. The van der Waals surface area contributed by atoms with E-state index in [1.54, 1.807) is 0 Å². The van der Waals surface area contributed by atoms with E-state index in [1.165, 1.54) is 24.0 Å². The molecule has 1 N–H and O–H groups in total. The predicted molar refractivity (Wildman–Crippen MR) is 65.6 cm³/mol. The number of benzene rings is 1. The second-order valence-corrected chi connectivity index (χ2v) is 6.20. The van der Waals surface area contributed by atoms with Crippen molar-refractivity contribution in [1.29, 1.82) is 0 Å². The van der Waals surface area contributed by atoms with Crippen LogP contribution in [0.3, 0.4) is 0 Å². The van der Waals surface area contributed by atoms with Crippen molar-refractivity contribution in [2.24, 2.45) is 5.41 Å². The van der Waals surface area contributed by atoms with Crippen LogP contribution in [0.15, 0.2) is 24.3 Å². The summed E-state index contributed by atoms with van der Waals surface area (Å²) in [6.45, 7) is 4.78. The van der Waals surface area contributed by atoms with Gasteiger partial charge in [0.1, 0.15) is 0 Å². The van der Waals surface area contributed by atoms with Crippen molar-refractivity contribution in [2.75, 3.05) is 6.61 Å². The van der Waals surface area contributed by atoms with E-state index in [4.69, 9.17) is 0 Å².